The summed E-state index contributed by atoms with van der Waals surface area (Å²) in [7, 11) is 1.62. The fourth-order valence-corrected chi connectivity index (χ4v) is 3.40. The number of nitrogens with one attached hydrogen (secondary N) is 1. The molecule has 3 rings (SSSR count). The molecule has 1 amide bonds. The highest BCUT2D eigenvalue weighted by molar-refractivity contribution is 5.96. The number of hydrogen-bond donors (Lipinski definition) is 1. The number of methoxy groups -OCH3 is 1. The minimum absolute atomic E-state index is 0.0364. The van der Waals surface area contributed by atoms with E-state index in [-0.39, 0.29) is 11.9 Å². The highest BCUT2D eigenvalue weighted by Gasteiger charge is 2.28. The van der Waals surface area contributed by atoms with Gasteiger partial charge in [-0.25, -0.2) is 0 Å². The molecule has 2 aromatic rings. The van der Waals surface area contributed by atoms with E-state index < -0.39 is 0 Å². The topological polar surface area (TPSA) is 77.2 Å². The van der Waals surface area contributed by atoms with Crippen LogP contribution in [-0.2, 0) is 6.42 Å². The van der Waals surface area contributed by atoms with Crippen molar-refractivity contribution in [2.24, 2.45) is 5.92 Å². The number of carbonyl (C=O) groups excluding carboxylic acids is 1. The van der Waals surface area contributed by atoms with Gasteiger partial charge in [-0.2, -0.15) is 0 Å². The Kier molecular flexibility index (Phi) is 4.83. The van der Waals surface area contributed by atoms with Gasteiger partial charge in [-0.3, -0.25) is 4.79 Å². The summed E-state index contributed by atoms with van der Waals surface area (Å²) in [6.07, 6.45) is 3.76. The van der Waals surface area contributed by atoms with E-state index in [4.69, 9.17) is 9.15 Å². The average molecular weight is 329 g/mol. The zero-order chi connectivity index (χ0) is 17.1. The Morgan fingerprint density at radius 3 is 2.88 bits per heavy atom. The van der Waals surface area contributed by atoms with E-state index in [0.717, 1.165) is 37.0 Å². The Hall–Kier alpha value is -2.37. The maximum Gasteiger partial charge on any atom is 0.251 e. The summed E-state index contributed by atoms with van der Waals surface area (Å²) in [5.41, 5.74) is 1.54. The first-order valence-corrected chi connectivity index (χ1v) is 8.30. The lowest BCUT2D eigenvalue weighted by atomic mass is 10.0. The molecule has 1 fully saturated rings. The van der Waals surface area contributed by atoms with E-state index in [1.807, 2.05) is 25.1 Å². The average Bonchev–Trinajstić information content (AvgIpc) is 3.17. The van der Waals surface area contributed by atoms with Crippen molar-refractivity contribution < 1.29 is 13.9 Å². The highest BCUT2D eigenvalue weighted by atomic mass is 16.5. The van der Waals surface area contributed by atoms with Crippen LogP contribution in [0.1, 0.15) is 47.0 Å². The quantitative estimate of drug-likeness (QED) is 0.912. The molecule has 1 aromatic carbocycles. The van der Waals surface area contributed by atoms with E-state index >= 15 is 0 Å². The van der Waals surface area contributed by atoms with Gasteiger partial charge in [0.2, 0.25) is 11.8 Å². The van der Waals surface area contributed by atoms with Crippen molar-refractivity contribution in [1.82, 2.24) is 15.5 Å². The molecule has 128 valence electrons. The Morgan fingerprint density at radius 2 is 2.17 bits per heavy atom. The van der Waals surface area contributed by atoms with Crippen molar-refractivity contribution in [2.75, 3.05) is 7.11 Å². The summed E-state index contributed by atoms with van der Waals surface area (Å²) in [6, 6.07) is 5.73. The molecular weight excluding hydrogens is 306 g/mol. The molecule has 0 saturated heterocycles. The van der Waals surface area contributed by atoms with Gasteiger partial charge in [-0.1, -0.05) is 6.07 Å². The van der Waals surface area contributed by atoms with Crippen molar-refractivity contribution in [3.05, 3.63) is 41.1 Å². The number of carbonyl (C=O) groups is 1. The van der Waals surface area contributed by atoms with Crippen LogP contribution in [0.4, 0.5) is 0 Å². The molecule has 6 heteroatoms. The van der Waals surface area contributed by atoms with Crippen LogP contribution in [0.3, 0.4) is 0 Å². The van der Waals surface area contributed by atoms with Gasteiger partial charge >= 0.3 is 0 Å². The third kappa shape index (κ3) is 3.58. The Bertz CT molecular complexity index is 726. The number of ether oxygens (including phenoxy) is 1. The van der Waals surface area contributed by atoms with Crippen LogP contribution in [0.25, 0.3) is 0 Å². The van der Waals surface area contributed by atoms with Gasteiger partial charge < -0.3 is 14.5 Å². The Balaban J connectivity index is 1.58. The molecule has 1 aliphatic rings. The zero-order valence-corrected chi connectivity index (χ0v) is 14.3. The van der Waals surface area contributed by atoms with Crippen molar-refractivity contribution in [3.63, 3.8) is 0 Å². The SMILES string of the molecule is COc1cccc(C(=O)N[C@H]2CC[C@@H](Cc3nnc(C)o3)C2)c1C. The van der Waals surface area contributed by atoms with Crippen LogP contribution in [0.15, 0.2) is 22.6 Å². The number of hydrogen-bond acceptors (Lipinski definition) is 5. The number of benzene rings is 1. The molecule has 2 atom stereocenters. The largest absolute Gasteiger partial charge is 0.496 e. The number of aryl methyl sites for hydroxylation is 1. The molecule has 6 nitrogen and oxygen atoms in total. The molecule has 0 radical (unpaired) electrons. The molecule has 0 spiro atoms. The summed E-state index contributed by atoms with van der Waals surface area (Å²) < 4.78 is 10.7. The minimum Gasteiger partial charge on any atom is -0.496 e. The molecule has 1 heterocycles. The van der Waals surface area contributed by atoms with Gasteiger partial charge in [0.25, 0.3) is 5.91 Å². The number of nitrogens with zero attached hydrogens (tertiary/aromatic N) is 2. The van der Waals surface area contributed by atoms with Gasteiger partial charge in [0.15, 0.2) is 0 Å². The smallest absolute Gasteiger partial charge is 0.251 e. The van der Waals surface area contributed by atoms with Gasteiger partial charge in [0.1, 0.15) is 5.75 Å². The van der Waals surface area contributed by atoms with Crippen molar-refractivity contribution in [1.29, 1.82) is 0 Å². The molecule has 0 unspecified atom stereocenters. The Morgan fingerprint density at radius 1 is 1.33 bits per heavy atom. The van der Waals surface area contributed by atoms with Crippen molar-refractivity contribution >= 4 is 5.91 Å². The molecule has 1 aromatic heterocycles. The molecule has 1 saturated carbocycles. The first-order valence-electron chi connectivity index (χ1n) is 8.30. The highest BCUT2D eigenvalue weighted by Crippen LogP contribution is 2.29. The lowest BCUT2D eigenvalue weighted by Gasteiger charge is -2.15. The predicted octanol–water partition coefficient (Wildman–Crippen LogP) is 2.84. The molecule has 1 aliphatic carbocycles. The van der Waals surface area contributed by atoms with Gasteiger partial charge in [-0.15, -0.1) is 10.2 Å². The Labute approximate surface area is 141 Å². The maximum absolute atomic E-state index is 12.6. The molecule has 24 heavy (non-hydrogen) atoms. The third-order valence-electron chi connectivity index (χ3n) is 4.66. The first kappa shape index (κ1) is 16.5. The fraction of sp³-hybridized carbons (Fsp3) is 0.500. The normalized spacial score (nSPS) is 20.1. The lowest BCUT2D eigenvalue weighted by Crippen LogP contribution is -2.33. The van der Waals surface area contributed by atoms with E-state index in [9.17, 15) is 4.79 Å². The molecule has 0 bridgehead atoms. The number of rotatable bonds is 5. The maximum atomic E-state index is 12.6. The summed E-state index contributed by atoms with van der Waals surface area (Å²) in [5, 5.41) is 11.1. The van der Waals surface area contributed by atoms with E-state index in [1.165, 1.54) is 0 Å². The second-order valence-corrected chi connectivity index (χ2v) is 6.40. The second kappa shape index (κ2) is 7.03. The first-order chi connectivity index (χ1) is 11.6. The molecule has 1 N–H and O–H groups in total. The van der Waals surface area contributed by atoms with Gasteiger partial charge in [0, 0.05) is 30.5 Å². The van der Waals surface area contributed by atoms with E-state index in [1.54, 1.807) is 14.0 Å². The monoisotopic (exact) mass is 329 g/mol. The standard InChI is InChI=1S/C18H23N3O3/c1-11-15(5-4-6-16(11)23-3)18(22)19-14-8-7-13(9-14)10-17-21-20-12(2)24-17/h4-6,13-14H,7-10H2,1-3H3,(H,19,22)/t13-,14+/m1/s1. The van der Waals surface area contributed by atoms with E-state index in [0.29, 0.717) is 23.3 Å². The summed E-state index contributed by atoms with van der Waals surface area (Å²) in [5.74, 6) is 2.46. The summed E-state index contributed by atoms with van der Waals surface area (Å²) in [4.78, 5) is 12.6. The van der Waals surface area contributed by atoms with Crippen LogP contribution in [-0.4, -0.2) is 29.3 Å². The van der Waals surface area contributed by atoms with Gasteiger partial charge in [-0.05, 0) is 44.2 Å². The number of amides is 1. The van der Waals surface area contributed by atoms with Gasteiger partial charge in [0.05, 0.1) is 7.11 Å². The predicted molar refractivity (Wildman–Crippen MR) is 89.1 cm³/mol. The zero-order valence-electron chi connectivity index (χ0n) is 14.3. The van der Waals surface area contributed by atoms with Crippen LogP contribution in [0, 0.1) is 19.8 Å². The summed E-state index contributed by atoms with van der Waals surface area (Å²) >= 11 is 0. The number of aromatic nitrogens is 2. The third-order valence-corrected chi connectivity index (χ3v) is 4.66. The fourth-order valence-electron chi connectivity index (χ4n) is 3.40. The second-order valence-electron chi connectivity index (χ2n) is 6.40. The van der Waals surface area contributed by atoms with Crippen molar-refractivity contribution in [2.45, 2.75) is 45.6 Å². The van der Waals surface area contributed by atoms with Crippen LogP contribution in [0.5, 0.6) is 5.75 Å². The minimum atomic E-state index is -0.0364. The lowest BCUT2D eigenvalue weighted by molar-refractivity contribution is 0.0936. The van der Waals surface area contributed by atoms with E-state index in [2.05, 4.69) is 15.5 Å². The molecular formula is C18H23N3O3. The molecule has 0 aliphatic heterocycles. The summed E-state index contributed by atoms with van der Waals surface area (Å²) in [6.45, 7) is 3.70. The van der Waals surface area contributed by atoms with Crippen LogP contribution < -0.4 is 10.1 Å². The van der Waals surface area contributed by atoms with Crippen molar-refractivity contribution in [3.8, 4) is 5.75 Å². The van der Waals surface area contributed by atoms with Crippen LogP contribution >= 0.6 is 0 Å². The van der Waals surface area contributed by atoms with Crippen LogP contribution in [0.2, 0.25) is 0 Å².